The van der Waals surface area contributed by atoms with E-state index >= 15 is 0 Å². The summed E-state index contributed by atoms with van der Waals surface area (Å²) in [5, 5.41) is 0. The Hall–Kier alpha value is -4.39. The molecule has 0 radical (unpaired) electrons. The maximum atomic E-state index is 12.3. The van der Waals surface area contributed by atoms with E-state index in [0.717, 1.165) is 18.1 Å². The van der Waals surface area contributed by atoms with Crippen LogP contribution in [0.15, 0.2) is 98.0 Å². The molecule has 0 heterocycles. The van der Waals surface area contributed by atoms with Gasteiger partial charge < -0.3 is 18.9 Å². The Kier molecular flexibility index (Phi) is 14.2. The Balaban J connectivity index is 0.00000334. The van der Waals surface area contributed by atoms with Crippen LogP contribution in [0, 0.1) is 0 Å². The Labute approximate surface area is 218 Å². The van der Waals surface area contributed by atoms with Crippen molar-refractivity contribution in [1.82, 2.24) is 0 Å². The number of rotatable bonds is 13. The lowest BCUT2D eigenvalue weighted by molar-refractivity contribution is -0.137. The zero-order chi connectivity index (χ0) is 27.6. The predicted molar refractivity (Wildman–Crippen MR) is 143 cm³/mol. The van der Waals surface area contributed by atoms with Crippen molar-refractivity contribution in [2.75, 3.05) is 13.2 Å². The van der Waals surface area contributed by atoms with E-state index in [2.05, 4.69) is 19.7 Å². The first-order valence-corrected chi connectivity index (χ1v) is 11.9. The summed E-state index contributed by atoms with van der Waals surface area (Å²) < 4.78 is 20.8. The van der Waals surface area contributed by atoms with E-state index in [1.54, 1.807) is 36.4 Å². The zero-order valence-corrected chi connectivity index (χ0v) is 21.7. The summed E-state index contributed by atoms with van der Waals surface area (Å²) in [5.41, 5.74) is 1.82. The van der Waals surface area contributed by atoms with E-state index in [1.807, 2.05) is 32.9 Å². The molecule has 0 aliphatic heterocycles. The molecular formula is C30H34O7. The first-order valence-electron chi connectivity index (χ1n) is 11.9. The predicted octanol–water partition coefficient (Wildman–Crippen LogP) is 6.37. The van der Waals surface area contributed by atoms with E-state index < -0.39 is 17.9 Å². The third kappa shape index (κ3) is 11.7. The van der Waals surface area contributed by atoms with Crippen LogP contribution >= 0.6 is 0 Å². The summed E-state index contributed by atoms with van der Waals surface area (Å²) >= 11 is 0. The molecule has 0 N–H and O–H groups in total. The van der Waals surface area contributed by atoms with Crippen LogP contribution in [0.1, 0.15) is 53.5 Å². The molecule has 0 aromatic heterocycles. The second kappa shape index (κ2) is 17.1. The highest BCUT2D eigenvalue weighted by Gasteiger charge is 2.10. The molecule has 0 saturated carbocycles. The van der Waals surface area contributed by atoms with Crippen molar-refractivity contribution < 1.29 is 33.3 Å². The number of ether oxygens (including phenoxy) is 4. The van der Waals surface area contributed by atoms with E-state index in [9.17, 15) is 14.4 Å². The molecule has 37 heavy (non-hydrogen) atoms. The van der Waals surface area contributed by atoms with Crippen molar-refractivity contribution in [3.63, 3.8) is 0 Å². The highest BCUT2D eigenvalue weighted by molar-refractivity contribution is 5.91. The van der Waals surface area contributed by atoms with Gasteiger partial charge in [-0.1, -0.05) is 52.6 Å². The van der Waals surface area contributed by atoms with Gasteiger partial charge in [-0.15, -0.1) is 0 Å². The quantitative estimate of drug-likeness (QED) is 0.0779. The molecule has 0 aliphatic carbocycles. The van der Waals surface area contributed by atoms with Crippen LogP contribution in [-0.2, 0) is 25.4 Å². The first-order chi connectivity index (χ1) is 17.8. The summed E-state index contributed by atoms with van der Waals surface area (Å²) in [4.78, 5) is 35.4. The zero-order valence-electron chi connectivity index (χ0n) is 21.7. The second-order valence-corrected chi connectivity index (χ2v) is 7.19. The molecule has 0 spiro atoms. The fourth-order valence-corrected chi connectivity index (χ4v) is 2.65. The van der Waals surface area contributed by atoms with Gasteiger partial charge in [0.1, 0.15) is 17.3 Å². The third-order valence-corrected chi connectivity index (χ3v) is 4.56. The van der Waals surface area contributed by atoms with Gasteiger partial charge in [0.15, 0.2) is 0 Å². The van der Waals surface area contributed by atoms with Crippen LogP contribution in [0.2, 0.25) is 0 Å². The van der Waals surface area contributed by atoms with Gasteiger partial charge in [-0.25, -0.2) is 14.4 Å². The van der Waals surface area contributed by atoms with Crippen LogP contribution in [0.5, 0.6) is 5.75 Å². The summed E-state index contributed by atoms with van der Waals surface area (Å²) in [7, 11) is 0. The lowest BCUT2D eigenvalue weighted by Crippen LogP contribution is -2.07. The monoisotopic (exact) mass is 506 g/mol. The number of benzene rings is 2. The van der Waals surface area contributed by atoms with Gasteiger partial charge >= 0.3 is 17.9 Å². The van der Waals surface area contributed by atoms with Crippen molar-refractivity contribution in [2.45, 2.75) is 33.6 Å². The summed E-state index contributed by atoms with van der Waals surface area (Å²) in [6.45, 7) is 17.2. The highest BCUT2D eigenvalue weighted by atomic mass is 16.5. The lowest BCUT2D eigenvalue weighted by atomic mass is 10.1. The topological polar surface area (TPSA) is 88.1 Å². The van der Waals surface area contributed by atoms with Gasteiger partial charge in [-0.3, -0.25) is 0 Å². The van der Waals surface area contributed by atoms with Gasteiger partial charge in [0.05, 0.1) is 24.3 Å². The van der Waals surface area contributed by atoms with E-state index in [0.29, 0.717) is 29.9 Å². The number of aryl methyl sites for hydroxylation is 1. The number of hydrogen-bond acceptors (Lipinski definition) is 7. The third-order valence-electron chi connectivity index (χ3n) is 4.56. The molecule has 7 nitrogen and oxygen atoms in total. The Morgan fingerprint density at radius 1 is 0.784 bits per heavy atom. The number of allylic oxidation sites excluding steroid dienone is 2. The summed E-state index contributed by atoms with van der Waals surface area (Å²) in [6.07, 6.45) is 5.25. The Bertz CT molecular complexity index is 1090. The molecule has 0 unspecified atom stereocenters. The minimum Gasteiger partial charge on any atom is -0.493 e. The normalized spacial score (nSPS) is 9.92. The molecule has 0 amide bonds. The molecule has 2 aromatic rings. The largest absolute Gasteiger partial charge is 0.493 e. The van der Waals surface area contributed by atoms with Crippen molar-refractivity contribution >= 4 is 17.9 Å². The lowest BCUT2D eigenvalue weighted by Gasteiger charge is -2.08. The maximum absolute atomic E-state index is 12.3. The van der Waals surface area contributed by atoms with Gasteiger partial charge in [0.25, 0.3) is 0 Å². The van der Waals surface area contributed by atoms with Crippen molar-refractivity contribution in [2.24, 2.45) is 0 Å². The molecule has 2 rings (SSSR count). The number of esters is 3. The molecule has 0 fully saturated rings. The standard InChI is InChI=1S/C28H28O7.C2H6/c1-5-22-10-12-23(13-11-22)27(30)34-20(3)8-9-21(4)35-28(31)24-14-16-25(17-15-24)32-18-7-19-33-26(29)6-2;1-2/h6,8-17H,2-5,7,18-19H2,1H3;1-2H3/b9-8-;. The van der Waals surface area contributed by atoms with Crippen LogP contribution in [-0.4, -0.2) is 31.1 Å². The minimum absolute atomic E-state index is 0.0499. The summed E-state index contributed by atoms with van der Waals surface area (Å²) in [5.74, 6) is -0.947. The summed E-state index contributed by atoms with van der Waals surface area (Å²) in [6, 6.07) is 13.5. The first kappa shape index (κ1) is 30.6. The van der Waals surface area contributed by atoms with Crippen LogP contribution in [0.4, 0.5) is 0 Å². The molecule has 0 saturated heterocycles. The maximum Gasteiger partial charge on any atom is 0.343 e. The van der Waals surface area contributed by atoms with Crippen molar-refractivity contribution in [3.8, 4) is 5.75 Å². The number of carbonyl (C=O) groups excluding carboxylic acids is 3. The SMILES string of the molecule is C=CC(=O)OCCCOc1ccc(C(=O)OC(=C)/C=C\C(=C)OC(=O)c2ccc(CC)cc2)cc1.CC. The van der Waals surface area contributed by atoms with Crippen LogP contribution in [0.25, 0.3) is 0 Å². The van der Waals surface area contributed by atoms with Gasteiger partial charge in [-0.05, 0) is 60.5 Å². The number of carbonyl (C=O) groups is 3. The fraction of sp³-hybridized carbons (Fsp3) is 0.233. The fourth-order valence-electron chi connectivity index (χ4n) is 2.65. The highest BCUT2D eigenvalue weighted by Crippen LogP contribution is 2.15. The van der Waals surface area contributed by atoms with E-state index in [-0.39, 0.29) is 18.1 Å². The molecular weight excluding hydrogens is 472 g/mol. The average Bonchev–Trinajstić information content (AvgIpc) is 2.93. The van der Waals surface area contributed by atoms with E-state index in [4.69, 9.17) is 18.9 Å². The minimum atomic E-state index is -0.610. The molecule has 2 aromatic carbocycles. The van der Waals surface area contributed by atoms with Crippen molar-refractivity contribution in [3.05, 3.63) is 115 Å². The van der Waals surface area contributed by atoms with E-state index in [1.165, 1.54) is 12.2 Å². The number of hydrogen-bond donors (Lipinski definition) is 0. The Morgan fingerprint density at radius 3 is 1.73 bits per heavy atom. The molecule has 0 atom stereocenters. The second-order valence-electron chi connectivity index (χ2n) is 7.19. The van der Waals surface area contributed by atoms with Gasteiger partial charge in [-0.2, -0.15) is 0 Å². The van der Waals surface area contributed by atoms with Gasteiger partial charge in [0.2, 0.25) is 0 Å². The van der Waals surface area contributed by atoms with Gasteiger partial charge in [0, 0.05) is 12.5 Å². The molecule has 196 valence electrons. The molecule has 7 heteroatoms. The van der Waals surface area contributed by atoms with Crippen LogP contribution < -0.4 is 4.74 Å². The van der Waals surface area contributed by atoms with Crippen LogP contribution in [0.3, 0.4) is 0 Å². The smallest absolute Gasteiger partial charge is 0.343 e. The Morgan fingerprint density at radius 2 is 1.27 bits per heavy atom. The average molecular weight is 507 g/mol. The molecule has 0 aliphatic rings. The van der Waals surface area contributed by atoms with Crippen molar-refractivity contribution in [1.29, 1.82) is 0 Å². The molecule has 0 bridgehead atoms.